The molecule has 1 heterocycles. The summed E-state index contributed by atoms with van der Waals surface area (Å²) in [6.07, 6.45) is 1.28. The molecular formula is C14H12IN3O3. The quantitative estimate of drug-likeness (QED) is 0.692. The maximum atomic E-state index is 11.8. The zero-order valence-corrected chi connectivity index (χ0v) is 13.0. The third-order valence-corrected chi connectivity index (χ3v) is 3.24. The van der Waals surface area contributed by atoms with Crippen molar-refractivity contribution in [2.45, 2.75) is 6.42 Å². The number of aromatic nitrogens is 1. The Bertz CT molecular complexity index is 642. The fraction of sp³-hybridized carbons (Fsp3) is 0.0714. The van der Waals surface area contributed by atoms with E-state index in [1.165, 1.54) is 6.20 Å². The summed E-state index contributed by atoms with van der Waals surface area (Å²) in [4.78, 5) is 26.3. The number of carbonyl (C=O) groups is 2. The van der Waals surface area contributed by atoms with E-state index in [0.29, 0.717) is 17.1 Å². The Morgan fingerprint density at radius 2 is 1.67 bits per heavy atom. The number of nitrogens with zero attached hydrogens (tertiary/aromatic N) is 1. The second kappa shape index (κ2) is 7.02. The average Bonchev–Trinajstić information content (AvgIpc) is 2.43. The maximum Gasteiger partial charge on any atom is 0.323 e. The topological polar surface area (TPSA) is 91.3 Å². The molecule has 2 aromatic rings. The number of aliphatic carboxylic acids is 1. The number of benzene rings is 1. The largest absolute Gasteiger partial charge is 0.481 e. The van der Waals surface area contributed by atoms with Crippen LogP contribution in [-0.4, -0.2) is 22.1 Å². The molecule has 0 bridgehead atoms. The number of halogens is 1. The number of nitrogens with one attached hydrogen (secondary N) is 2. The van der Waals surface area contributed by atoms with E-state index in [1.807, 2.05) is 12.1 Å². The summed E-state index contributed by atoms with van der Waals surface area (Å²) in [5, 5.41) is 14.0. The summed E-state index contributed by atoms with van der Waals surface area (Å²) >= 11 is 2.18. The van der Waals surface area contributed by atoms with E-state index in [2.05, 4.69) is 38.2 Å². The van der Waals surface area contributed by atoms with Crippen LogP contribution in [-0.2, 0) is 11.2 Å². The average molecular weight is 397 g/mol. The lowest BCUT2D eigenvalue weighted by atomic mass is 10.2. The number of carboxylic acid groups (broad SMARTS) is 1. The highest BCUT2D eigenvalue weighted by molar-refractivity contribution is 14.1. The van der Waals surface area contributed by atoms with Gasteiger partial charge in [0.1, 0.15) is 0 Å². The van der Waals surface area contributed by atoms with Crippen molar-refractivity contribution < 1.29 is 14.7 Å². The van der Waals surface area contributed by atoms with Crippen molar-refractivity contribution in [2.24, 2.45) is 0 Å². The summed E-state index contributed by atoms with van der Waals surface area (Å²) in [7, 11) is 0. The van der Waals surface area contributed by atoms with Crippen LogP contribution >= 0.6 is 22.6 Å². The first-order chi connectivity index (χ1) is 10.0. The normalized spacial score (nSPS) is 9.95. The van der Waals surface area contributed by atoms with Gasteiger partial charge >= 0.3 is 12.0 Å². The first-order valence-corrected chi connectivity index (χ1v) is 7.11. The fourth-order valence-electron chi connectivity index (χ4n) is 1.58. The van der Waals surface area contributed by atoms with Gasteiger partial charge in [-0.3, -0.25) is 9.78 Å². The Kier molecular flexibility index (Phi) is 5.09. The minimum Gasteiger partial charge on any atom is -0.481 e. The van der Waals surface area contributed by atoms with Crippen LogP contribution in [0.4, 0.5) is 16.2 Å². The van der Waals surface area contributed by atoms with E-state index in [0.717, 1.165) is 3.57 Å². The third-order valence-electron chi connectivity index (χ3n) is 2.52. The van der Waals surface area contributed by atoms with E-state index in [4.69, 9.17) is 5.11 Å². The second-order valence-electron chi connectivity index (χ2n) is 4.19. The number of amides is 2. The SMILES string of the molecule is O=C(O)Cc1ccc(NC(=O)Nc2ccc(I)cc2)cn1. The van der Waals surface area contributed by atoms with Crippen LogP contribution in [0.3, 0.4) is 0 Å². The highest BCUT2D eigenvalue weighted by atomic mass is 127. The number of carboxylic acids is 1. The molecule has 2 rings (SSSR count). The van der Waals surface area contributed by atoms with Crippen molar-refractivity contribution in [3.63, 3.8) is 0 Å². The Balaban J connectivity index is 1.93. The Morgan fingerprint density at radius 1 is 1.05 bits per heavy atom. The third kappa shape index (κ3) is 5.03. The van der Waals surface area contributed by atoms with Crippen molar-refractivity contribution in [2.75, 3.05) is 10.6 Å². The van der Waals surface area contributed by atoms with Gasteiger partial charge in [-0.2, -0.15) is 0 Å². The van der Waals surface area contributed by atoms with Gasteiger partial charge in [-0.1, -0.05) is 0 Å². The van der Waals surface area contributed by atoms with Crippen LogP contribution in [0.5, 0.6) is 0 Å². The molecule has 0 saturated heterocycles. The van der Waals surface area contributed by atoms with Gasteiger partial charge in [0.05, 0.1) is 24.0 Å². The number of hydrogen-bond donors (Lipinski definition) is 3. The van der Waals surface area contributed by atoms with Crippen LogP contribution in [0.2, 0.25) is 0 Å². The zero-order valence-electron chi connectivity index (χ0n) is 10.8. The van der Waals surface area contributed by atoms with E-state index in [1.54, 1.807) is 24.3 Å². The fourth-order valence-corrected chi connectivity index (χ4v) is 1.94. The Labute approximate surface area is 134 Å². The Hall–Kier alpha value is -2.16. The van der Waals surface area contributed by atoms with Crippen LogP contribution in [0.15, 0.2) is 42.6 Å². The molecule has 0 aliphatic rings. The first-order valence-electron chi connectivity index (χ1n) is 6.03. The summed E-state index contributed by atoms with van der Waals surface area (Å²) in [5.74, 6) is -0.945. The number of hydrogen-bond acceptors (Lipinski definition) is 3. The zero-order chi connectivity index (χ0) is 15.2. The molecule has 3 N–H and O–H groups in total. The van der Waals surface area contributed by atoms with E-state index in [9.17, 15) is 9.59 Å². The minimum absolute atomic E-state index is 0.144. The van der Waals surface area contributed by atoms with Gasteiger partial charge < -0.3 is 15.7 Å². The highest BCUT2D eigenvalue weighted by Gasteiger charge is 2.05. The molecule has 0 aliphatic carbocycles. The lowest BCUT2D eigenvalue weighted by Crippen LogP contribution is -2.19. The first kappa shape index (κ1) is 15.2. The van der Waals surface area contributed by atoms with Crippen molar-refractivity contribution >= 4 is 46.0 Å². The summed E-state index contributed by atoms with van der Waals surface area (Å²) < 4.78 is 1.08. The van der Waals surface area contributed by atoms with Gasteiger partial charge in [0.2, 0.25) is 0 Å². The molecule has 0 atom stereocenters. The van der Waals surface area contributed by atoms with Gasteiger partial charge in [0, 0.05) is 9.26 Å². The lowest BCUT2D eigenvalue weighted by Gasteiger charge is -2.07. The maximum absolute atomic E-state index is 11.8. The molecule has 2 amide bonds. The summed E-state index contributed by atoms with van der Waals surface area (Å²) in [6, 6.07) is 10.2. The molecule has 0 aliphatic heterocycles. The number of rotatable bonds is 4. The number of carbonyl (C=O) groups excluding carboxylic acids is 1. The van der Waals surface area contributed by atoms with E-state index in [-0.39, 0.29) is 12.5 Å². The van der Waals surface area contributed by atoms with Crippen molar-refractivity contribution in [3.05, 3.63) is 51.9 Å². The van der Waals surface area contributed by atoms with Gasteiger partial charge in [-0.25, -0.2) is 4.79 Å². The molecule has 0 unspecified atom stereocenters. The molecule has 108 valence electrons. The molecule has 0 radical (unpaired) electrons. The Morgan fingerprint density at radius 3 is 2.24 bits per heavy atom. The standard InChI is InChI=1S/C14H12IN3O3/c15-9-1-3-10(4-2-9)17-14(21)18-12-6-5-11(16-8-12)7-13(19)20/h1-6,8H,7H2,(H,19,20)(H2,17,18,21). The number of pyridine rings is 1. The monoisotopic (exact) mass is 397 g/mol. The predicted molar refractivity (Wildman–Crippen MR) is 87.4 cm³/mol. The van der Waals surface area contributed by atoms with Gasteiger partial charge in [0.15, 0.2) is 0 Å². The van der Waals surface area contributed by atoms with Crippen LogP contribution in [0.25, 0.3) is 0 Å². The smallest absolute Gasteiger partial charge is 0.323 e. The van der Waals surface area contributed by atoms with E-state index >= 15 is 0 Å². The van der Waals surface area contributed by atoms with Crippen LogP contribution < -0.4 is 10.6 Å². The molecule has 0 saturated carbocycles. The predicted octanol–water partition coefficient (Wildman–Crippen LogP) is 2.96. The number of anilines is 2. The van der Waals surface area contributed by atoms with Crippen LogP contribution in [0.1, 0.15) is 5.69 Å². The molecule has 1 aromatic carbocycles. The lowest BCUT2D eigenvalue weighted by molar-refractivity contribution is -0.136. The van der Waals surface area contributed by atoms with Crippen molar-refractivity contribution in [1.29, 1.82) is 0 Å². The van der Waals surface area contributed by atoms with Gasteiger partial charge in [-0.05, 0) is 59.0 Å². The molecule has 0 fully saturated rings. The molecular weight excluding hydrogens is 385 g/mol. The molecule has 21 heavy (non-hydrogen) atoms. The minimum atomic E-state index is -0.945. The molecule has 1 aromatic heterocycles. The van der Waals surface area contributed by atoms with Crippen molar-refractivity contribution in [3.8, 4) is 0 Å². The molecule has 6 nitrogen and oxygen atoms in total. The van der Waals surface area contributed by atoms with Gasteiger partial charge in [0.25, 0.3) is 0 Å². The summed E-state index contributed by atoms with van der Waals surface area (Å²) in [5.41, 5.74) is 1.61. The van der Waals surface area contributed by atoms with Gasteiger partial charge in [-0.15, -0.1) is 0 Å². The van der Waals surface area contributed by atoms with Crippen LogP contribution in [0, 0.1) is 3.57 Å². The highest BCUT2D eigenvalue weighted by Crippen LogP contribution is 2.12. The van der Waals surface area contributed by atoms with Crippen molar-refractivity contribution in [1.82, 2.24) is 4.98 Å². The molecule has 0 spiro atoms. The molecule has 7 heteroatoms. The summed E-state index contributed by atoms with van der Waals surface area (Å²) in [6.45, 7) is 0. The number of urea groups is 1. The second-order valence-corrected chi connectivity index (χ2v) is 5.44. The van der Waals surface area contributed by atoms with E-state index < -0.39 is 5.97 Å².